The Balaban J connectivity index is 2.01. The topological polar surface area (TPSA) is 210 Å². The SMILES string of the molecule is CC(C)OC(=O)[C@H](C)NP(=O)(OC[C@H]1O[C@@H](n2ccc(CC(=O)C(C)C)nc2=O)[C@](C)(N=[N+]=[N-])[C@@H]1OC(=O)C(C)C)Oc1ccccc1. The molecule has 0 spiro atoms. The van der Waals surface area contributed by atoms with Gasteiger partial charge in [-0.15, -0.1) is 0 Å². The summed E-state index contributed by atoms with van der Waals surface area (Å²) in [6, 6.07) is 8.38. The number of nitrogens with one attached hydrogen (secondary N) is 1. The molecule has 1 fully saturated rings. The summed E-state index contributed by atoms with van der Waals surface area (Å²) in [4.78, 5) is 58.0. The van der Waals surface area contributed by atoms with Crippen LogP contribution in [0, 0.1) is 11.8 Å². The first-order valence-corrected chi connectivity index (χ1v) is 17.0. The fourth-order valence-electron chi connectivity index (χ4n) is 4.64. The maximum absolute atomic E-state index is 14.1. The van der Waals surface area contributed by atoms with Gasteiger partial charge < -0.3 is 18.7 Å². The molecule has 262 valence electrons. The second kappa shape index (κ2) is 16.4. The number of carbonyl (C=O) groups is 3. The normalized spacial score (nSPS) is 22.5. The molecule has 0 aliphatic carbocycles. The largest absolute Gasteiger partial charge is 0.462 e. The quantitative estimate of drug-likeness (QED) is 0.0837. The van der Waals surface area contributed by atoms with Crippen LogP contribution in [0.5, 0.6) is 5.75 Å². The van der Waals surface area contributed by atoms with Crippen molar-refractivity contribution < 1.29 is 42.2 Å². The molecule has 6 atom stereocenters. The van der Waals surface area contributed by atoms with E-state index in [1.165, 1.54) is 38.2 Å². The van der Waals surface area contributed by atoms with Gasteiger partial charge in [-0.1, -0.05) is 51.0 Å². The van der Waals surface area contributed by atoms with Crippen LogP contribution in [0.4, 0.5) is 0 Å². The molecule has 3 rings (SSSR count). The Bertz CT molecular complexity index is 1610. The monoisotopic (exact) mass is 690 g/mol. The van der Waals surface area contributed by atoms with E-state index >= 15 is 0 Å². The van der Waals surface area contributed by atoms with Crippen LogP contribution in [0.2, 0.25) is 0 Å². The summed E-state index contributed by atoms with van der Waals surface area (Å²) in [6.45, 7) is 12.2. The maximum atomic E-state index is 14.1. The minimum absolute atomic E-state index is 0.0647. The van der Waals surface area contributed by atoms with Crippen LogP contribution < -0.4 is 15.3 Å². The maximum Gasteiger partial charge on any atom is 0.459 e. The molecule has 1 saturated heterocycles. The van der Waals surface area contributed by atoms with Crippen molar-refractivity contribution in [2.24, 2.45) is 17.0 Å². The summed E-state index contributed by atoms with van der Waals surface area (Å²) >= 11 is 0. The van der Waals surface area contributed by atoms with Crippen molar-refractivity contribution in [2.75, 3.05) is 6.61 Å². The molecule has 1 aliphatic rings. The summed E-state index contributed by atoms with van der Waals surface area (Å²) in [5, 5.41) is 6.48. The van der Waals surface area contributed by atoms with Gasteiger partial charge in [-0.2, -0.15) is 10.1 Å². The van der Waals surface area contributed by atoms with E-state index in [4.69, 9.17) is 23.3 Å². The third kappa shape index (κ3) is 9.74. The van der Waals surface area contributed by atoms with Crippen molar-refractivity contribution >= 4 is 25.5 Å². The van der Waals surface area contributed by atoms with Gasteiger partial charge in [0.05, 0.1) is 24.3 Å². The molecule has 1 aromatic heterocycles. The number of nitrogens with zero attached hydrogens (tertiary/aromatic N) is 5. The molecule has 2 heterocycles. The van der Waals surface area contributed by atoms with Crippen molar-refractivity contribution in [1.29, 1.82) is 0 Å². The number of hydrogen-bond donors (Lipinski definition) is 1. The van der Waals surface area contributed by atoms with Crippen molar-refractivity contribution in [1.82, 2.24) is 14.6 Å². The van der Waals surface area contributed by atoms with Gasteiger partial charge in [-0.3, -0.25) is 23.5 Å². The number of para-hydroxylation sites is 1. The lowest BCUT2D eigenvalue weighted by Crippen LogP contribution is -2.47. The molecule has 1 aliphatic heterocycles. The Morgan fingerprint density at radius 1 is 1.08 bits per heavy atom. The van der Waals surface area contributed by atoms with Gasteiger partial charge in [0.15, 0.2) is 6.23 Å². The molecule has 17 heteroatoms. The third-order valence-electron chi connectivity index (χ3n) is 7.27. The number of Topliss-reactive ketones (excluding diaryl/α,β-unsaturated/α-hetero) is 1. The zero-order valence-electron chi connectivity index (χ0n) is 28.3. The summed E-state index contributed by atoms with van der Waals surface area (Å²) in [7, 11) is -4.40. The minimum Gasteiger partial charge on any atom is -0.462 e. The van der Waals surface area contributed by atoms with Crippen LogP contribution in [0.15, 0.2) is 52.5 Å². The van der Waals surface area contributed by atoms with Crippen molar-refractivity contribution in [2.45, 2.75) is 97.9 Å². The van der Waals surface area contributed by atoms with Crippen molar-refractivity contribution in [3.63, 3.8) is 0 Å². The van der Waals surface area contributed by atoms with Gasteiger partial charge in [0.2, 0.25) is 0 Å². The summed E-state index contributed by atoms with van der Waals surface area (Å²) in [5.41, 5.74) is 7.24. The van der Waals surface area contributed by atoms with Crippen LogP contribution in [0.1, 0.15) is 67.3 Å². The number of azide groups is 1. The lowest BCUT2D eigenvalue weighted by Gasteiger charge is -2.31. The van der Waals surface area contributed by atoms with Crippen molar-refractivity contribution in [3.05, 3.63) is 69.2 Å². The summed E-state index contributed by atoms with van der Waals surface area (Å²) in [5.74, 6) is -2.22. The molecule has 0 radical (unpaired) electrons. The summed E-state index contributed by atoms with van der Waals surface area (Å²) in [6.07, 6.45) is -3.20. The fraction of sp³-hybridized carbons (Fsp3) is 0.581. The molecule has 0 amide bonds. The Morgan fingerprint density at radius 2 is 1.75 bits per heavy atom. The third-order valence-corrected chi connectivity index (χ3v) is 8.91. The zero-order valence-corrected chi connectivity index (χ0v) is 29.2. The fourth-order valence-corrected chi connectivity index (χ4v) is 6.14. The number of esters is 2. The predicted molar refractivity (Wildman–Crippen MR) is 173 cm³/mol. The molecular weight excluding hydrogens is 647 g/mol. The number of rotatable bonds is 16. The number of ketones is 1. The number of hydrogen-bond acceptors (Lipinski definition) is 12. The smallest absolute Gasteiger partial charge is 0.459 e. The van der Waals surface area contributed by atoms with E-state index in [1.807, 2.05) is 0 Å². The Morgan fingerprint density at radius 3 is 2.31 bits per heavy atom. The molecule has 48 heavy (non-hydrogen) atoms. The van der Waals surface area contributed by atoms with Gasteiger partial charge in [0.1, 0.15) is 35.3 Å². The van der Waals surface area contributed by atoms with E-state index in [1.54, 1.807) is 59.7 Å². The molecular formula is C31H43N6O10P. The van der Waals surface area contributed by atoms with Crippen LogP contribution in [-0.2, 0) is 44.1 Å². The molecule has 2 aromatic rings. The summed E-state index contributed by atoms with van der Waals surface area (Å²) < 4.78 is 43.9. The highest BCUT2D eigenvalue weighted by Gasteiger charge is 2.58. The van der Waals surface area contributed by atoms with E-state index in [-0.39, 0.29) is 29.6 Å². The van der Waals surface area contributed by atoms with Gasteiger partial charge >= 0.3 is 25.4 Å². The molecule has 1 N–H and O–H groups in total. The Kier molecular flexibility index (Phi) is 13.1. The zero-order chi connectivity index (χ0) is 35.8. The molecule has 1 aromatic carbocycles. The number of carbonyl (C=O) groups excluding carboxylic acids is 3. The van der Waals surface area contributed by atoms with E-state index in [0.29, 0.717) is 0 Å². The van der Waals surface area contributed by atoms with E-state index in [0.717, 1.165) is 4.57 Å². The second-order valence-electron chi connectivity index (χ2n) is 12.4. The van der Waals surface area contributed by atoms with Gasteiger partial charge in [0, 0.05) is 23.4 Å². The molecule has 0 saturated carbocycles. The van der Waals surface area contributed by atoms with Crippen LogP contribution in [-0.4, -0.2) is 63.8 Å². The van der Waals surface area contributed by atoms with Crippen LogP contribution >= 0.6 is 7.75 Å². The first-order chi connectivity index (χ1) is 22.5. The van der Waals surface area contributed by atoms with Gasteiger partial charge in [0.25, 0.3) is 0 Å². The van der Waals surface area contributed by atoms with Crippen molar-refractivity contribution in [3.8, 4) is 5.75 Å². The van der Waals surface area contributed by atoms with E-state index in [2.05, 4.69) is 20.1 Å². The van der Waals surface area contributed by atoms with Crippen LogP contribution in [0.3, 0.4) is 0 Å². The highest BCUT2D eigenvalue weighted by atomic mass is 31.2. The molecule has 1 unspecified atom stereocenters. The standard InChI is InChI=1S/C31H43N6O10P/c1-18(2)24(38)16-22-14-15-37(30(41)33-22)29-31(8,35-36-32)26(46-27(39)19(3)4)25(45-29)17-43-48(42,47-23-12-10-9-11-13-23)34-21(7)28(40)44-20(5)6/h9-15,18-21,25-26,29H,16-17H2,1-8H3,(H,34,42)/t21-,25+,26+,29+,31+,48?/m0/s1. The first-order valence-electron chi connectivity index (χ1n) is 15.5. The van der Waals surface area contributed by atoms with Gasteiger partial charge in [-0.25, -0.2) is 9.36 Å². The number of benzene rings is 1. The van der Waals surface area contributed by atoms with Gasteiger partial charge in [-0.05, 0) is 51.4 Å². The van der Waals surface area contributed by atoms with E-state index in [9.17, 15) is 29.3 Å². The first kappa shape index (κ1) is 38.4. The average Bonchev–Trinajstić information content (AvgIpc) is 3.26. The Labute approximate surface area is 278 Å². The predicted octanol–water partition coefficient (Wildman–Crippen LogP) is 4.68. The number of ether oxygens (including phenoxy) is 3. The average molecular weight is 691 g/mol. The molecule has 0 bridgehead atoms. The van der Waals surface area contributed by atoms with E-state index < -0.39 is 74.0 Å². The lowest BCUT2D eigenvalue weighted by molar-refractivity contribution is -0.158. The van der Waals surface area contributed by atoms with Crippen LogP contribution in [0.25, 0.3) is 10.4 Å². The highest BCUT2D eigenvalue weighted by Crippen LogP contribution is 2.48. The number of aromatic nitrogens is 2. The lowest BCUT2D eigenvalue weighted by atomic mass is 9.92. The molecule has 16 nitrogen and oxygen atoms in total. The minimum atomic E-state index is -4.40. The second-order valence-corrected chi connectivity index (χ2v) is 14.1. The Hall–Kier alpha value is -4.07. The highest BCUT2D eigenvalue weighted by molar-refractivity contribution is 7.52.